The molecule has 1 heterocycles. The molecule has 3 aromatic rings. The van der Waals surface area contributed by atoms with Crippen molar-refractivity contribution in [1.29, 1.82) is 0 Å². The number of benzene rings is 2. The molecule has 1 aromatic heterocycles. The number of amides is 1. The van der Waals surface area contributed by atoms with Gasteiger partial charge in [0, 0.05) is 12.2 Å². The van der Waals surface area contributed by atoms with Crippen LogP contribution >= 0.6 is 0 Å². The number of nitrogens with zero attached hydrogens (tertiary/aromatic N) is 2. The minimum atomic E-state index is -0.290. The lowest BCUT2D eigenvalue weighted by atomic mass is 10.1. The van der Waals surface area contributed by atoms with E-state index in [4.69, 9.17) is 0 Å². The highest BCUT2D eigenvalue weighted by Gasteiger charge is 2.10. The zero-order valence-corrected chi connectivity index (χ0v) is 15.1. The van der Waals surface area contributed by atoms with Crippen molar-refractivity contribution >= 4 is 17.4 Å². The van der Waals surface area contributed by atoms with Crippen LogP contribution in [0.1, 0.15) is 28.5 Å². The fourth-order valence-corrected chi connectivity index (χ4v) is 2.67. The Bertz CT molecular complexity index is 895. The molecule has 0 unspecified atom stereocenters. The molecule has 0 bridgehead atoms. The van der Waals surface area contributed by atoms with Gasteiger partial charge in [-0.2, -0.15) is 0 Å². The van der Waals surface area contributed by atoms with E-state index in [1.54, 1.807) is 24.3 Å². The highest BCUT2D eigenvalue weighted by atomic mass is 19.1. The van der Waals surface area contributed by atoms with Crippen LogP contribution in [0.15, 0.2) is 60.7 Å². The smallest absolute Gasteiger partial charge is 0.276 e. The van der Waals surface area contributed by atoms with Crippen LogP contribution in [-0.4, -0.2) is 22.6 Å². The Kier molecular flexibility index (Phi) is 6.10. The van der Waals surface area contributed by atoms with Crippen molar-refractivity contribution in [2.45, 2.75) is 19.8 Å². The van der Waals surface area contributed by atoms with Gasteiger partial charge in [-0.1, -0.05) is 37.3 Å². The number of anilines is 2. The van der Waals surface area contributed by atoms with Gasteiger partial charge in [0.05, 0.1) is 0 Å². The minimum absolute atomic E-state index is 0.243. The Morgan fingerprint density at radius 3 is 2.48 bits per heavy atom. The first-order chi connectivity index (χ1) is 13.2. The largest absolute Gasteiger partial charge is 0.368 e. The highest BCUT2D eigenvalue weighted by Crippen LogP contribution is 2.16. The van der Waals surface area contributed by atoms with E-state index in [2.05, 4.69) is 20.8 Å². The molecule has 0 saturated carbocycles. The number of hydrogen-bond acceptors (Lipinski definition) is 4. The minimum Gasteiger partial charge on any atom is -0.368 e. The summed E-state index contributed by atoms with van der Waals surface area (Å²) < 4.78 is 12.9. The lowest BCUT2D eigenvalue weighted by Crippen LogP contribution is -2.16. The van der Waals surface area contributed by atoms with Crippen molar-refractivity contribution in [2.75, 3.05) is 17.2 Å². The van der Waals surface area contributed by atoms with E-state index >= 15 is 0 Å². The molecule has 3 rings (SSSR count). The van der Waals surface area contributed by atoms with E-state index in [1.165, 1.54) is 12.1 Å². The monoisotopic (exact) mass is 364 g/mol. The number of carbonyl (C=O) groups excluding carboxylic acids is 1. The topological polar surface area (TPSA) is 66.9 Å². The van der Waals surface area contributed by atoms with E-state index in [0.29, 0.717) is 12.4 Å². The number of aromatic nitrogens is 2. The summed E-state index contributed by atoms with van der Waals surface area (Å²) in [5.41, 5.74) is 3.14. The molecule has 2 aromatic carbocycles. The maximum atomic E-state index is 12.9. The molecule has 0 spiro atoms. The Labute approximate surface area is 157 Å². The molecular formula is C21H21FN4O. The fraction of sp³-hybridized carbons (Fsp3) is 0.190. The summed E-state index contributed by atoms with van der Waals surface area (Å²) in [5, 5.41) is 14.1. The van der Waals surface area contributed by atoms with Crippen LogP contribution in [0.25, 0.3) is 0 Å². The molecule has 0 atom stereocenters. The first-order valence-corrected chi connectivity index (χ1v) is 8.87. The summed E-state index contributed by atoms with van der Waals surface area (Å²) in [5.74, 6) is 0.0527. The van der Waals surface area contributed by atoms with E-state index in [-0.39, 0.29) is 17.4 Å². The first kappa shape index (κ1) is 18.5. The molecule has 0 aliphatic heterocycles. The predicted octanol–water partition coefficient (Wildman–Crippen LogP) is 4.09. The van der Waals surface area contributed by atoms with Gasteiger partial charge in [0.2, 0.25) is 0 Å². The normalized spacial score (nSPS) is 10.4. The Morgan fingerprint density at radius 1 is 1.00 bits per heavy atom. The average Bonchev–Trinajstić information content (AvgIpc) is 2.70. The van der Waals surface area contributed by atoms with Crippen LogP contribution in [-0.2, 0) is 12.8 Å². The molecule has 6 heteroatoms. The summed E-state index contributed by atoms with van der Waals surface area (Å²) >= 11 is 0. The number of para-hydroxylation sites is 1. The molecule has 138 valence electrons. The third-order valence-electron chi connectivity index (χ3n) is 4.18. The summed E-state index contributed by atoms with van der Waals surface area (Å²) in [4.78, 5) is 12.4. The first-order valence-electron chi connectivity index (χ1n) is 8.87. The molecule has 5 nitrogen and oxygen atoms in total. The Balaban J connectivity index is 1.54. The second-order valence-corrected chi connectivity index (χ2v) is 6.07. The number of rotatable bonds is 7. The van der Waals surface area contributed by atoms with Crippen LogP contribution < -0.4 is 10.6 Å². The van der Waals surface area contributed by atoms with E-state index < -0.39 is 0 Å². The number of carbonyl (C=O) groups is 1. The van der Waals surface area contributed by atoms with E-state index in [1.807, 2.05) is 31.2 Å². The molecule has 0 radical (unpaired) electrons. The van der Waals surface area contributed by atoms with Crippen molar-refractivity contribution in [3.05, 3.63) is 83.3 Å². The maximum absolute atomic E-state index is 12.9. The number of nitrogens with one attached hydrogen (secondary N) is 2. The Hall–Kier alpha value is -3.28. The zero-order valence-electron chi connectivity index (χ0n) is 15.1. The molecule has 0 saturated heterocycles. The standard InChI is InChI=1S/C21H21FN4O/c1-2-16-5-3-4-6-18(16)24-21(27)19-11-12-20(26-25-19)23-14-13-15-7-9-17(22)10-8-15/h3-12H,2,13-14H2,1H3,(H,23,26)(H,24,27). The number of aryl methyl sites for hydroxylation is 1. The average molecular weight is 364 g/mol. The van der Waals surface area contributed by atoms with Crippen LogP contribution in [0.2, 0.25) is 0 Å². The van der Waals surface area contributed by atoms with Gasteiger partial charge in [-0.15, -0.1) is 10.2 Å². The third-order valence-corrected chi connectivity index (χ3v) is 4.18. The van der Waals surface area contributed by atoms with Gasteiger partial charge in [0.15, 0.2) is 5.69 Å². The predicted molar refractivity (Wildman–Crippen MR) is 104 cm³/mol. The molecule has 2 N–H and O–H groups in total. The fourth-order valence-electron chi connectivity index (χ4n) is 2.67. The van der Waals surface area contributed by atoms with Gasteiger partial charge >= 0.3 is 0 Å². The second-order valence-electron chi connectivity index (χ2n) is 6.07. The van der Waals surface area contributed by atoms with Crippen LogP contribution in [0.3, 0.4) is 0 Å². The van der Waals surface area contributed by atoms with Crippen molar-refractivity contribution in [3.8, 4) is 0 Å². The maximum Gasteiger partial charge on any atom is 0.276 e. The Morgan fingerprint density at radius 2 is 1.78 bits per heavy atom. The van der Waals surface area contributed by atoms with Gasteiger partial charge in [0.1, 0.15) is 11.6 Å². The summed E-state index contributed by atoms with van der Waals surface area (Å²) in [6, 6.07) is 17.4. The van der Waals surface area contributed by atoms with Crippen molar-refractivity contribution in [1.82, 2.24) is 10.2 Å². The third kappa shape index (κ3) is 5.10. The molecule has 0 aliphatic carbocycles. The lowest BCUT2D eigenvalue weighted by molar-refractivity contribution is 0.102. The van der Waals surface area contributed by atoms with Crippen LogP contribution in [0.4, 0.5) is 15.9 Å². The lowest BCUT2D eigenvalue weighted by Gasteiger charge is -2.09. The van der Waals surface area contributed by atoms with Gasteiger partial charge < -0.3 is 10.6 Å². The van der Waals surface area contributed by atoms with Crippen LogP contribution in [0.5, 0.6) is 0 Å². The molecule has 1 amide bonds. The van der Waals surface area contributed by atoms with Crippen molar-refractivity contribution in [3.63, 3.8) is 0 Å². The SMILES string of the molecule is CCc1ccccc1NC(=O)c1ccc(NCCc2ccc(F)cc2)nn1. The molecule has 0 aliphatic rings. The quantitative estimate of drug-likeness (QED) is 0.663. The van der Waals surface area contributed by atoms with E-state index in [9.17, 15) is 9.18 Å². The summed E-state index contributed by atoms with van der Waals surface area (Å²) in [6.07, 6.45) is 1.57. The zero-order chi connectivity index (χ0) is 19.1. The van der Waals surface area contributed by atoms with Gasteiger partial charge in [-0.05, 0) is 54.3 Å². The van der Waals surface area contributed by atoms with E-state index in [0.717, 1.165) is 29.7 Å². The van der Waals surface area contributed by atoms with Gasteiger partial charge in [0.25, 0.3) is 5.91 Å². The molecular weight excluding hydrogens is 343 g/mol. The second kappa shape index (κ2) is 8.89. The molecule has 27 heavy (non-hydrogen) atoms. The van der Waals surface area contributed by atoms with Gasteiger partial charge in [-0.25, -0.2) is 4.39 Å². The number of hydrogen-bond donors (Lipinski definition) is 2. The van der Waals surface area contributed by atoms with Crippen molar-refractivity contribution < 1.29 is 9.18 Å². The summed E-state index contributed by atoms with van der Waals surface area (Å²) in [6.45, 7) is 2.67. The highest BCUT2D eigenvalue weighted by molar-refractivity contribution is 6.03. The summed E-state index contributed by atoms with van der Waals surface area (Å²) in [7, 11) is 0. The van der Waals surface area contributed by atoms with Crippen LogP contribution in [0, 0.1) is 5.82 Å². The number of halogens is 1. The van der Waals surface area contributed by atoms with Gasteiger partial charge in [-0.3, -0.25) is 4.79 Å². The van der Waals surface area contributed by atoms with Crippen molar-refractivity contribution in [2.24, 2.45) is 0 Å². The molecule has 0 fully saturated rings.